The van der Waals surface area contributed by atoms with E-state index >= 15 is 0 Å². The first-order chi connectivity index (χ1) is 14.3. The fourth-order valence-electron chi connectivity index (χ4n) is 3.55. The van der Waals surface area contributed by atoms with Gasteiger partial charge in [-0.2, -0.15) is 4.98 Å². The van der Waals surface area contributed by atoms with Crippen LogP contribution in [0.3, 0.4) is 0 Å². The highest BCUT2D eigenvalue weighted by Gasteiger charge is 2.22. The molecule has 0 atom stereocenters. The lowest BCUT2D eigenvalue weighted by atomic mass is 10.2. The predicted octanol–water partition coefficient (Wildman–Crippen LogP) is 4.54. The summed E-state index contributed by atoms with van der Waals surface area (Å²) in [7, 11) is 3.21. The Hall–Kier alpha value is -2.65. The highest BCUT2D eigenvalue weighted by Crippen LogP contribution is 2.40. The van der Waals surface area contributed by atoms with Crippen LogP contribution in [0.2, 0.25) is 0 Å². The van der Waals surface area contributed by atoms with Crippen LogP contribution in [-0.4, -0.2) is 34.3 Å². The monoisotopic (exact) mass is 426 g/mol. The van der Waals surface area contributed by atoms with Crippen molar-refractivity contribution in [3.63, 3.8) is 0 Å². The van der Waals surface area contributed by atoms with E-state index in [1.54, 1.807) is 43.6 Å². The third-order valence-corrected chi connectivity index (χ3v) is 7.08. The zero-order valence-electron chi connectivity index (χ0n) is 16.0. The van der Waals surface area contributed by atoms with E-state index < -0.39 is 0 Å². The summed E-state index contributed by atoms with van der Waals surface area (Å²) in [6.07, 6.45) is 5.12. The van der Waals surface area contributed by atoms with Gasteiger partial charge in [-0.05, 0) is 43.0 Å². The van der Waals surface area contributed by atoms with Crippen molar-refractivity contribution < 1.29 is 14.0 Å². The standard InChI is InChI=1S/C20H18N4O3S2/c1-25-13-7-6-11(8-14(13)26-2)18-23-16(27-24-18)9-28-19-17-12-4-3-5-15(12)29-20(17)22-10-21-19/h6-8,10H,3-5,9H2,1-2H3. The molecule has 7 nitrogen and oxygen atoms in total. The Bertz CT molecular complexity index is 1190. The minimum absolute atomic E-state index is 0.519. The second-order valence-electron chi connectivity index (χ2n) is 6.59. The molecular formula is C20H18N4O3S2. The lowest BCUT2D eigenvalue weighted by Gasteiger charge is -2.07. The number of rotatable bonds is 6. The molecule has 1 aliphatic rings. The highest BCUT2D eigenvalue weighted by molar-refractivity contribution is 7.98. The third-order valence-electron chi connectivity index (χ3n) is 4.91. The van der Waals surface area contributed by atoms with Gasteiger partial charge in [0, 0.05) is 15.8 Å². The average Bonchev–Trinajstić information content (AvgIpc) is 3.47. The Morgan fingerprint density at radius 2 is 2.03 bits per heavy atom. The Morgan fingerprint density at radius 3 is 2.90 bits per heavy atom. The van der Waals surface area contributed by atoms with Gasteiger partial charge in [-0.25, -0.2) is 9.97 Å². The van der Waals surface area contributed by atoms with E-state index in [1.807, 2.05) is 18.2 Å². The Morgan fingerprint density at radius 1 is 1.14 bits per heavy atom. The number of hydrogen-bond acceptors (Lipinski definition) is 9. The molecule has 0 spiro atoms. The fourth-order valence-corrected chi connectivity index (χ4v) is 5.70. The molecule has 9 heteroatoms. The van der Waals surface area contributed by atoms with E-state index in [4.69, 9.17) is 14.0 Å². The predicted molar refractivity (Wildman–Crippen MR) is 112 cm³/mol. The molecule has 29 heavy (non-hydrogen) atoms. The fraction of sp³-hybridized carbons (Fsp3) is 0.300. The number of aryl methyl sites for hydroxylation is 2. The van der Waals surface area contributed by atoms with Crippen LogP contribution in [0.1, 0.15) is 22.8 Å². The minimum atomic E-state index is 0.519. The summed E-state index contributed by atoms with van der Waals surface area (Å²) in [4.78, 5) is 16.0. The summed E-state index contributed by atoms with van der Waals surface area (Å²) in [5.41, 5.74) is 2.23. The summed E-state index contributed by atoms with van der Waals surface area (Å²) in [6, 6.07) is 5.54. The SMILES string of the molecule is COc1ccc(-c2noc(CSc3ncnc4sc5c(c34)CCC5)n2)cc1OC. The highest BCUT2D eigenvalue weighted by atomic mass is 32.2. The summed E-state index contributed by atoms with van der Waals surface area (Å²) in [5, 5.41) is 6.30. The van der Waals surface area contributed by atoms with Crippen LogP contribution in [-0.2, 0) is 18.6 Å². The van der Waals surface area contributed by atoms with Gasteiger partial charge in [-0.1, -0.05) is 16.9 Å². The molecule has 0 bridgehead atoms. The minimum Gasteiger partial charge on any atom is -0.493 e. The Kier molecular flexibility index (Phi) is 4.84. The van der Waals surface area contributed by atoms with Crippen LogP contribution in [0, 0.1) is 0 Å². The first-order valence-electron chi connectivity index (χ1n) is 9.20. The Labute approximate surface area is 175 Å². The van der Waals surface area contributed by atoms with E-state index in [1.165, 1.54) is 22.2 Å². The number of thioether (sulfide) groups is 1. The molecule has 0 N–H and O–H groups in total. The van der Waals surface area contributed by atoms with Crippen molar-refractivity contribution in [1.82, 2.24) is 20.1 Å². The van der Waals surface area contributed by atoms with Crippen LogP contribution in [0.25, 0.3) is 21.6 Å². The van der Waals surface area contributed by atoms with Crippen molar-refractivity contribution in [1.29, 1.82) is 0 Å². The molecule has 0 radical (unpaired) electrons. The summed E-state index contributed by atoms with van der Waals surface area (Å²) in [5.74, 6) is 2.91. The number of thiophene rings is 1. The van der Waals surface area contributed by atoms with E-state index in [9.17, 15) is 0 Å². The zero-order valence-corrected chi connectivity index (χ0v) is 17.6. The number of benzene rings is 1. The van der Waals surface area contributed by atoms with Crippen molar-refractivity contribution >= 4 is 33.3 Å². The molecule has 0 saturated carbocycles. The molecule has 0 aliphatic heterocycles. The van der Waals surface area contributed by atoms with Gasteiger partial charge in [0.2, 0.25) is 11.7 Å². The van der Waals surface area contributed by atoms with Gasteiger partial charge >= 0.3 is 0 Å². The average molecular weight is 427 g/mol. The third kappa shape index (κ3) is 3.34. The zero-order chi connectivity index (χ0) is 19.8. The number of hydrogen-bond donors (Lipinski definition) is 0. The van der Waals surface area contributed by atoms with Crippen molar-refractivity contribution in [2.75, 3.05) is 14.2 Å². The van der Waals surface area contributed by atoms with Gasteiger partial charge in [-0.3, -0.25) is 0 Å². The molecule has 3 aromatic heterocycles. The molecule has 0 amide bonds. The lowest BCUT2D eigenvalue weighted by Crippen LogP contribution is -1.91. The first-order valence-corrected chi connectivity index (χ1v) is 11.0. The van der Waals surface area contributed by atoms with Crippen LogP contribution in [0.4, 0.5) is 0 Å². The number of fused-ring (bicyclic) bond motifs is 3. The molecule has 0 saturated heterocycles. The lowest BCUT2D eigenvalue weighted by molar-refractivity contribution is 0.355. The number of nitrogens with zero attached hydrogens (tertiary/aromatic N) is 4. The maximum Gasteiger partial charge on any atom is 0.237 e. The van der Waals surface area contributed by atoms with Crippen molar-refractivity contribution in [3.05, 3.63) is 40.9 Å². The van der Waals surface area contributed by atoms with Gasteiger partial charge in [-0.15, -0.1) is 11.3 Å². The summed E-state index contributed by atoms with van der Waals surface area (Å²) in [6.45, 7) is 0. The van der Waals surface area contributed by atoms with Crippen molar-refractivity contribution in [3.8, 4) is 22.9 Å². The van der Waals surface area contributed by atoms with Crippen LogP contribution in [0.5, 0.6) is 11.5 Å². The number of ether oxygens (including phenoxy) is 2. The van der Waals surface area contributed by atoms with Crippen LogP contribution >= 0.6 is 23.1 Å². The Balaban J connectivity index is 1.37. The molecular weight excluding hydrogens is 408 g/mol. The second kappa shape index (κ2) is 7.64. The van der Waals surface area contributed by atoms with Gasteiger partial charge in [0.05, 0.1) is 20.0 Å². The molecule has 1 aromatic carbocycles. The quantitative estimate of drug-likeness (QED) is 0.328. The first kappa shape index (κ1) is 18.4. The summed E-state index contributed by atoms with van der Waals surface area (Å²) >= 11 is 3.40. The maximum absolute atomic E-state index is 5.46. The van der Waals surface area contributed by atoms with Crippen LogP contribution in [0.15, 0.2) is 34.1 Å². The normalized spacial score (nSPS) is 13.0. The smallest absolute Gasteiger partial charge is 0.237 e. The topological polar surface area (TPSA) is 83.2 Å². The number of methoxy groups -OCH3 is 2. The number of aromatic nitrogens is 4. The molecule has 1 aliphatic carbocycles. The van der Waals surface area contributed by atoms with Crippen LogP contribution < -0.4 is 9.47 Å². The van der Waals surface area contributed by atoms with E-state index in [0.717, 1.165) is 28.3 Å². The van der Waals surface area contributed by atoms with E-state index in [-0.39, 0.29) is 0 Å². The van der Waals surface area contributed by atoms with Gasteiger partial charge < -0.3 is 14.0 Å². The molecule has 0 unspecified atom stereocenters. The van der Waals surface area contributed by atoms with E-state index in [2.05, 4.69) is 20.1 Å². The molecule has 148 valence electrons. The molecule has 5 rings (SSSR count). The molecule has 0 fully saturated rings. The maximum atomic E-state index is 5.46. The molecule has 4 aromatic rings. The van der Waals surface area contributed by atoms with Gasteiger partial charge in [0.15, 0.2) is 11.5 Å². The van der Waals surface area contributed by atoms with Crippen molar-refractivity contribution in [2.45, 2.75) is 30.0 Å². The van der Waals surface area contributed by atoms with Crippen molar-refractivity contribution in [2.24, 2.45) is 0 Å². The second-order valence-corrected chi connectivity index (χ2v) is 8.63. The van der Waals surface area contributed by atoms with E-state index in [0.29, 0.717) is 29.0 Å². The van der Waals surface area contributed by atoms with Gasteiger partial charge in [0.1, 0.15) is 16.2 Å². The largest absolute Gasteiger partial charge is 0.493 e. The summed E-state index contributed by atoms with van der Waals surface area (Å²) < 4.78 is 16.1. The molecule has 3 heterocycles. The van der Waals surface area contributed by atoms with Gasteiger partial charge in [0.25, 0.3) is 0 Å².